The minimum atomic E-state index is -0.516. The second-order valence-corrected chi connectivity index (χ2v) is 6.82. The van der Waals surface area contributed by atoms with E-state index in [4.69, 9.17) is 0 Å². The van der Waals surface area contributed by atoms with E-state index in [0.717, 1.165) is 18.5 Å². The molecule has 0 unspecified atom stereocenters. The van der Waals surface area contributed by atoms with Crippen LogP contribution in [0.5, 0.6) is 0 Å². The second-order valence-electron chi connectivity index (χ2n) is 4.79. The van der Waals surface area contributed by atoms with E-state index in [9.17, 15) is 0 Å². The van der Waals surface area contributed by atoms with Gasteiger partial charge in [-0.3, -0.25) is 4.35 Å². The summed E-state index contributed by atoms with van der Waals surface area (Å²) in [6.07, 6.45) is 4.35. The number of hydrogen-bond acceptors (Lipinski definition) is 2. The average Bonchev–Trinajstić information content (AvgIpc) is 2.83. The molecule has 0 fully saturated rings. The number of aromatic nitrogens is 3. The van der Waals surface area contributed by atoms with Gasteiger partial charge in [0.1, 0.15) is 5.69 Å². The Balaban J connectivity index is 2.40. The lowest BCUT2D eigenvalue weighted by Crippen LogP contribution is -2.13. The lowest BCUT2D eigenvalue weighted by atomic mass is 10.1. The molecule has 1 aromatic heterocycles. The van der Waals surface area contributed by atoms with E-state index in [-0.39, 0.29) is 0 Å². The van der Waals surface area contributed by atoms with Crippen LogP contribution in [0.25, 0.3) is 11.3 Å². The van der Waals surface area contributed by atoms with Crippen molar-refractivity contribution in [2.45, 2.75) is 33.6 Å². The Hall–Kier alpha value is -1.68. The van der Waals surface area contributed by atoms with Gasteiger partial charge in [-0.1, -0.05) is 60.2 Å². The zero-order chi connectivity index (χ0) is 13.7. The second kappa shape index (κ2) is 6.47. The molecule has 0 amide bonds. The van der Waals surface area contributed by atoms with Gasteiger partial charge in [0.15, 0.2) is 9.68 Å². The Kier molecular flexibility index (Phi) is 4.68. The summed E-state index contributed by atoms with van der Waals surface area (Å²) in [5, 5.41) is 10.2. The van der Waals surface area contributed by atoms with Crippen LogP contribution in [0.15, 0.2) is 41.6 Å². The van der Waals surface area contributed by atoms with Gasteiger partial charge in [0, 0.05) is 5.56 Å². The highest BCUT2D eigenvalue weighted by Crippen LogP contribution is 2.21. The molecule has 0 aliphatic rings. The molecule has 0 atom stereocenters. The maximum Gasteiger partial charge on any atom is 0.183 e. The molecule has 1 aromatic carbocycles. The van der Waals surface area contributed by atoms with Crippen molar-refractivity contribution in [1.82, 2.24) is 14.7 Å². The molecule has 0 bridgehead atoms. The maximum atomic E-state index is 4.41. The van der Waals surface area contributed by atoms with Crippen molar-refractivity contribution in [1.29, 1.82) is 0 Å². The first-order chi connectivity index (χ1) is 9.26. The molecule has 0 saturated carbocycles. The predicted molar refractivity (Wildman–Crippen MR) is 82.8 cm³/mol. The van der Waals surface area contributed by atoms with E-state index >= 15 is 0 Å². The standard InChI is InChI=1S/C15H21N3Si/c1-4-9-14-15(13-10-7-6-8-11-13)16-17-18(14)19-12(3)5-2/h5-8,10-11H,4,9,19H2,1-3H3. The Morgan fingerprint density at radius 3 is 2.68 bits per heavy atom. The van der Waals surface area contributed by atoms with Crippen molar-refractivity contribution in [3.8, 4) is 11.3 Å². The minimum Gasteiger partial charge on any atom is -0.281 e. The molecule has 0 N–H and O–H groups in total. The Labute approximate surface area is 117 Å². The van der Waals surface area contributed by atoms with Crippen LogP contribution >= 0.6 is 0 Å². The highest BCUT2D eigenvalue weighted by molar-refractivity contribution is 6.43. The van der Waals surface area contributed by atoms with Gasteiger partial charge in [-0.05, 0) is 20.3 Å². The third-order valence-electron chi connectivity index (χ3n) is 3.26. The van der Waals surface area contributed by atoms with Crippen LogP contribution in [0.2, 0.25) is 0 Å². The summed E-state index contributed by atoms with van der Waals surface area (Å²) in [5.41, 5.74) is 3.52. The molecule has 100 valence electrons. The highest BCUT2D eigenvalue weighted by Gasteiger charge is 2.13. The molecule has 0 aliphatic heterocycles. The van der Waals surface area contributed by atoms with E-state index in [1.165, 1.54) is 16.5 Å². The molecule has 0 spiro atoms. The van der Waals surface area contributed by atoms with Crippen LogP contribution in [-0.4, -0.2) is 24.3 Å². The molecule has 2 aromatic rings. The zero-order valence-corrected chi connectivity index (χ0v) is 13.3. The van der Waals surface area contributed by atoms with Crippen molar-refractivity contribution < 1.29 is 0 Å². The molecular formula is C15H21N3Si. The third-order valence-corrected chi connectivity index (χ3v) is 4.98. The average molecular weight is 271 g/mol. The van der Waals surface area contributed by atoms with Gasteiger partial charge < -0.3 is 0 Å². The minimum absolute atomic E-state index is 0.516. The molecule has 2 rings (SSSR count). The molecular weight excluding hydrogens is 250 g/mol. The third kappa shape index (κ3) is 3.20. The predicted octanol–water partition coefficient (Wildman–Crippen LogP) is 2.75. The summed E-state index contributed by atoms with van der Waals surface area (Å²) in [6.45, 7) is 6.48. The summed E-state index contributed by atoms with van der Waals surface area (Å²) in [4.78, 5) is 0. The van der Waals surface area contributed by atoms with Crippen LogP contribution in [0.4, 0.5) is 0 Å². The summed E-state index contributed by atoms with van der Waals surface area (Å²) >= 11 is 0. The highest BCUT2D eigenvalue weighted by atomic mass is 28.2. The van der Waals surface area contributed by atoms with Crippen LogP contribution in [0, 0.1) is 0 Å². The summed E-state index contributed by atoms with van der Waals surface area (Å²) in [5.74, 6) is 0. The van der Waals surface area contributed by atoms with Crippen molar-refractivity contribution in [3.05, 3.63) is 47.3 Å². The number of hydrogen-bond donors (Lipinski definition) is 0. The summed E-state index contributed by atoms with van der Waals surface area (Å²) < 4.78 is 2.17. The maximum absolute atomic E-state index is 4.41. The van der Waals surface area contributed by atoms with E-state index in [2.05, 4.69) is 65.8 Å². The SMILES string of the molecule is CC=C(C)[SiH2]n1nnc(-c2ccccc2)c1CCC. The normalized spacial score (nSPS) is 12.5. The molecule has 4 heteroatoms. The van der Waals surface area contributed by atoms with Gasteiger partial charge in [-0.25, -0.2) is 0 Å². The van der Waals surface area contributed by atoms with E-state index in [0.29, 0.717) is 0 Å². The molecule has 19 heavy (non-hydrogen) atoms. The zero-order valence-electron chi connectivity index (χ0n) is 11.9. The smallest absolute Gasteiger partial charge is 0.183 e. The number of rotatable bonds is 5. The first-order valence-corrected chi connectivity index (χ1v) is 8.19. The number of allylic oxidation sites excluding steroid dienone is 2. The topological polar surface area (TPSA) is 30.7 Å². The Bertz CT molecular complexity index is 558. The molecule has 0 radical (unpaired) electrons. The Morgan fingerprint density at radius 1 is 1.32 bits per heavy atom. The van der Waals surface area contributed by atoms with Gasteiger partial charge in [-0.15, -0.1) is 5.10 Å². The van der Waals surface area contributed by atoms with Crippen molar-refractivity contribution in [2.75, 3.05) is 0 Å². The van der Waals surface area contributed by atoms with E-state index in [1.54, 1.807) is 0 Å². The van der Waals surface area contributed by atoms with Gasteiger partial charge in [0.05, 0.1) is 5.69 Å². The molecule has 1 heterocycles. The van der Waals surface area contributed by atoms with Gasteiger partial charge in [0.25, 0.3) is 0 Å². The number of benzene rings is 1. The van der Waals surface area contributed by atoms with Gasteiger partial charge in [0.2, 0.25) is 0 Å². The molecule has 3 nitrogen and oxygen atoms in total. The first-order valence-electron chi connectivity index (χ1n) is 6.85. The largest absolute Gasteiger partial charge is 0.281 e. The molecule has 0 saturated heterocycles. The van der Waals surface area contributed by atoms with Crippen LogP contribution in [0.3, 0.4) is 0 Å². The summed E-state index contributed by atoms with van der Waals surface area (Å²) in [6, 6.07) is 10.4. The summed E-state index contributed by atoms with van der Waals surface area (Å²) in [7, 11) is -0.516. The van der Waals surface area contributed by atoms with Crippen LogP contribution < -0.4 is 0 Å². The quantitative estimate of drug-likeness (QED) is 0.783. The van der Waals surface area contributed by atoms with Crippen molar-refractivity contribution >= 4 is 9.68 Å². The number of nitrogens with zero attached hydrogens (tertiary/aromatic N) is 3. The van der Waals surface area contributed by atoms with Gasteiger partial charge >= 0.3 is 0 Å². The van der Waals surface area contributed by atoms with Crippen LogP contribution in [-0.2, 0) is 6.42 Å². The van der Waals surface area contributed by atoms with E-state index in [1.807, 2.05) is 6.07 Å². The van der Waals surface area contributed by atoms with Crippen LogP contribution in [0.1, 0.15) is 32.9 Å². The van der Waals surface area contributed by atoms with E-state index < -0.39 is 9.68 Å². The van der Waals surface area contributed by atoms with Crippen molar-refractivity contribution in [2.24, 2.45) is 0 Å². The first kappa shape index (κ1) is 13.7. The monoisotopic (exact) mass is 271 g/mol. The lowest BCUT2D eigenvalue weighted by Gasteiger charge is -2.07. The fraction of sp³-hybridized carbons (Fsp3) is 0.333. The Morgan fingerprint density at radius 2 is 2.05 bits per heavy atom. The lowest BCUT2D eigenvalue weighted by molar-refractivity contribution is 0.799. The van der Waals surface area contributed by atoms with Crippen molar-refractivity contribution in [3.63, 3.8) is 0 Å². The van der Waals surface area contributed by atoms with Gasteiger partial charge in [-0.2, -0.15) is 0 Å². The fourth-order valence-electron chi connectivity index (χ4n) is 2.09. The molecule has 0 aliphatic carbocycles. The fourth-order valence-corrected chi connectivity index (χ4v) is 3.37.